The standard InChI is InChI=1S/C16H13ClN4O2S/c1-19-11-8-20(7-10(11)13(24)12(17)15(19)22)16(23)14-18-6-9-4-2-3-5-21(9)14/h2-6,24H,7-8H2,1H3. The number of aromatic nitrogens is 3. The lowest BCUT2D eigenvalue weighted by atomic mass is 10.2. The van der Waals surface area contributed by atoms with Crippen molar-refractivity contribution in [1.29, 1.82) is 0 Å². The molecule has 0 N–H and O–H groups in total. The van der Waals surface area contributed by atoms with E-state index in [9.17, 15) is 9.59 Å². The fourth-order valence-corrected chi connectivity index (χ4v) is 3.56. The second kappa shape index (κ2) is 5.39. The third-order valence-corrected chi connectivity index (χ3v) is 5.32. The summed E-state index contributed by atoms with van der Waals surface area (Å²) in [6, 6.07) is 5.62. The van der Waals surface area contributed by atoms with E-state index in [0.29, 0.717) is 23.8 Å². The van der Waals surface area contributed by atoms with E-state index in [-0.39, 0.29) is 16.5 Å². The van der Waals surface area contributed by atoms with Crippen LogP contribution in [-0.4, -0.2) is 24.8 Å². The van der Waals surface area contributed by atoms with E-state index in [4.69, 9.17) is 11.6 Å². The van der Waals surface area contributed by atoms with E-state index in [1.807, 2.05) is 18.2 Å². The highest BCUT2D eigenvalue weighted by molar-refractivity contribution is 7.80. The highest BCUT2D eigenvalue weighted by atomic mass is 35.5. The van der Waals surface area contributed by atoms with E-state index in [2.05, 4.69) is 17.6 Å². The summed E-state index contributed by atoms with van der Waals surface area (Å²) in [5.41, 5.74) is 2.10. The Hall–Kier alpha value is -2.25. The van der Waals surface area contributed by atoms with Gasteiger partial charge in [0, 0.05) is 35.9 Å². The summed E-state index contributed by atoms with van der Waals surface area (Å²) in [6.07, 6.45) is 3.46. The Balaban J connectivity index is 1.75. The van der Waals surface area contributed by atoms with Gasteiger partial charge in [-0.2, -0.15) is 0 Å². The van der Waals surface area contributed by atoms with Crippen molar-refractivity contribution in [2.75, 3.05) is 0 Å². The highest BCUT2D eigenvalue weighted by Gasteiger charge is 2.31. The molecule has 122 valence electrons. The maximum atomic E-state index is 12.9. The van der Waals surface area contributed by atoms with E-state index in [1.165, 1.54) is 4.57 Å². The van der Waals surface area contributed by atoms with Gasteiger partial charge >= 0.3 is 0 Å². The van der Waals surface area contributed by atoms with Crippen molar-refractivity contribution in [2.24, 2.45) is 7.05 Å². The number of pyridine rings is 2. The van der Waals surface area contributed by atoms with E-state index >= 15 is 0 Å². The molecule has 0 bridgehead atoms. The normalized spacial score (nSPS) is 13.5. The number of amides is 1. The highest BCUT2D eigenvalue weighted by Crippen LogP contribution is 2.31. The first kappa shape index (κ1) is 15.3. The summed E-state index contributed by atoms with van der Waals surface area (Å²) < 4.78 is 3.23. The molecule has 24 heavy (non-hydrogen) atoms. The van der Waals surface area contributed by atoms with Gasteiger partial charge in [0.1, 0.15) is 5.02 Å². The molecule has 0 saturated carbocycles. The zero-order valence-corrected chi connectivity index (χ0v) is 14.4. The molecule has 0 saturated heterocycles. The van der Waals surface area contributed by atoms with Crippen LogP contribution in [0.1, 0.15) is 21.9 Å². The Labute approximate surface area is 147 Å². The number of carbonyl (C=O) groups excluding carboxylic acids is 1. The Kier molecular flexibility index (Phi) is 3.43. The zero-order valence-electron chi connectivity index (χ0n) is 12.7. The van der Waals surface area contributed by atoms with Gasteiger partial charge in [0.05, 0.1) is 18.3 Å². The minimum Gasteiger partial charge on any atom is -0.326 e. The van der Waals surface area contributed by atoms with Crippen LogP contribution in [0.2, 0.25) is 5.02 Å². The van der Waals surface area contributed by atoms with Crippen LogP contribution in [0.4, 0.5) is 0 Å². The molecule has 0 spiro atoms. The third kappa shape index (κ3) is 2.08. The van der Waals surface area contributed by atoms with Gasteiger partial charge in [0.2, 0.25) is 5.82 Å². The van der Waals surface area contributed by atoms with Gasteiger partial charge in [-0.05, 0) is 12.1 Å². The average molecular weight is 361 g/mol. The predicted molar refractivity (Wildman–Crippen MR) is 92.7 cm³/mol. The van der Waals surface area contributed by atoms with Gasteiger partial charge in [-0.3, -0.25) is 14.0 Å². The maximum Gasteiger partial charge on any atom is 0.290 e. The SMILES string of the molecule is Cn1c2c(c(S)c(Cl)c1=O)CN(C(=O)c1ncc3ccccn13)C2. The van der Waals surface area contributed by atoms with Crippen LogP contribution >= 0.6 is 24.2 Å². The molecule has 6 nitrogen and oxygen atoms in total. The molecule has 8 heteroatoms. The Morgan fingerprint density at radius 1 is 1.33 bits per heavy atom. The van der Waals surface area contributed by atoms with Crippen LogP contribution in [0.5, 0.6) is 0 Å². The van der Waals surface area contributed by atoms with Crippen LogP contribution < -0.4 is 5.56 Å². The lowest BCUT2D eigenvalue weighted by Crippen LogP contribution is -2.28. The Morgan fingerprint density at radius 2 is 2.12 bits per heavy atom. The van der Waals surface area contributed by atoms with Crippen LogP contribution in [-0.2, 0) is 20.1 Å². The molecule has 4 rings (SSSR count). The Bertz CT molecular complexity index is 1060. The molecule has 4 heterocycles. The van der Waals surface area contributed by atoms with Gasteiger partial charge in [-0.25, -0.2) is 4.98 Å². The van der Waals surface area contributed by atoms with Crippen LogP contribution in [0, 0.1) is 0 Å². The number of hydrogen-bond donors (Lipinski definition) is 1. The lowest BCUT2D eigenvalue weighted by molar-refractivity contribution is 0.0736. The quantitative estimate of drug-likeness (QED) is 0.676. The smallest absolute Gasteiger partial charge is 0.290 e. The summed E-state index contributed by atoms with van der Waals surface area (Å²) in [5, 5.41) is 0.0835. The number of imidazole rings is 1. The monoisotopic (exact) mass is 360 g/mol. The Morgan fingerprint density at radius 3 is 2.92 bits per heavy atom. The predicted octanol–water partition coefficient (Wildman–Crippen LogP) is 2.13. The second-order valence-corrected chi connectivity index (χ2v) is 6.52. The molecule has 1 amide bonds. The molecular weight excluding hydrogens is 348 g/mol. The number of halogens is 1. The van der Waals surface area contributed by atoms with Crippen LogP contribution in [0.3, 0.4) is 0 Å². The molecule has 0 atom stereocenters. The van der Waals surface area contributed by atoms with Crippen molar-refractivity contribution < 1.29 is 4.79 Å². The van der Waals surface area contributed by atoms with Gasteiger partial charge in [-0.15, -0.1) is 12.6 Å². The number of carbonyl (C=O) groups is 1. The minimum absolute atomic E-state index is 0.0835. The van der Waals surface area contributed by atoms with Gasteiger partial charge in [-0.1, -0.05) is 17.7 Å². The van der Waals surface area contributed by atoms with Crippen LogP contribution in [0.15, 0.2) is 40.3 Å². The zero-order chi connectivity index (χ0) is 17.0. The fourth-order valence-electron chi connectivity index (χ4n) is 3.03. The molecule has 0 fully saturated rings. The largest absolute Gasteiger partial charge is 0.326 e. The number of fused-ring (bicyclic) bond motifs is 2. The molecule has 3 aromatic heterocycles. The van der Waals surface area contributed by atoms with Crippen molar-refractivity contribution in [2.45, 2.75) is 18.0 Å². The summed E-state index contributed by atoms with van der Waals surface area (Å²) >= 11 is 10.4. The molecular formula is C16H13ClN4O2S. The molecule has 3 aromatic rings. The van der Waals surface area contributed by atoms with Crippen molar-refractivity contribution in [3.63, 3.8) is 0 Å². The van der Waals surface area contributed by atoms with Crippen molar-refractivity contribution in [3.05, 3.63) is 63.1 Å². The molecule has 0 radical (unpaired) electrons. The van der Waals surface area contributed by atoms with Gasteiger partial charge in [0.25, 0.3) is 11.5 Å². The minimum atomic E-state index is -0.305. The molecule has 1 aliphatic rings. The summed E-state index contributed by atoms with van der Waals surface area (Å²) in [5.74, 6) is 0.143. The first-order valence-corrected chi connectivity index (χ1v) is 8.12. The van der Waals surface area contributed by atoms with E-state index < -0.39 is 0 Å². The second-order valence-electron chi connectivity index (χ2n) is 5.69. The van der Waals surface area contributed by atoms with E-state index in [1.54, 1.807) is 28.7 Å². The maximum absolute atomic E-state index is 12.9. The topological polar surface area (TPSA) is 59.6 Å². The lowest BCUT2D eigenvalue weighted by Gasteiger charge is -2.14. The molecule has 1 aliphatic heterocycles. The summed E-state index contributed by atoms with van der Waals surface area (Å²) in [4.78, 5) is 31.3. The first-order valence-electron chi connectivity index (χ1n) is 7.29. The fraction of sp³-hybridized carbons (Fsp3) is 0.188. The summed E-state index contributed by atoms with van der Waals surface area (Å²) in [7, 11) is 1.65. The first-order chi connectivity index (χ1) is 11.5. The third-order valence-electron chi connectivity index (χ3n) is 4.35. The number of rotatable bonds is 1. The molecule has 0 aromatic carbocycles. The number of nitrogens with zero attached hydrogens (tertiary/aromatic N) is 4. The van der Waals surface area contributed by atoms with Crippen LogP contribution in [0.25, 0.3) is 5.52 Å². The van der Waals surface area contributed by atoms with Gasteiger partial charge in [0.15, 0.2) is 0 Å². The number of thiol groups is 1. The van der Waals surface area contributed by atoms with E-state index in [0.717, 1.165) is 16.8 Å². The average Bonchev–Trinajstić information content (AvgIpc) is 3.22. The van der Waals surface area contributed by atoms with Crippen molar-refractivity contribution in [3.8, 4) is 0 Å². The van der Waals surface area contributed by atoms with Crippen molar-refractivity contribution >= 4 is 35.7 Å². The molecule has 0 unspecified atom stereocenters. The number of hydrogen-bond acceptors (Lipinski definition) is 4. The van der Waals surface area contributed by atoms with Gasteiger partial charge < -0.3 is 9.47 Å². The molecule has 0 aliphatic carbocycles. The van der Waals surface area contributed by atoms with Crippen molar-refractivity contribution in [1.82, 2.24) is 18.9 Å². The summed E-state index contributed by atoms with van der Waals surface area (Å²) in [6.45, 7) is 0.676.